The number of nitrogens with zero attached hydrogens (tertiary/aromatic N) is 1. The van der Waals surface area contributed by atoms with E-state index in [4.69, 9.17) is 9.84 Å². The Kier molecular flexibility index (Phi) is 4.90. The average Bonchev–Trinajstić information content (AvgIpc) is 2.96. The molecule has 1 aromatic heterocycles. The second-order valence-corrected chi connectivity index (χ2v) is 4.63. The number of aliphatic hydroxyl groups is 1. The number of methoxy groups -OCH3 is 1. The smallest absolute Gasteiger partial charge is 0.165 e. The van der Waals surface area contributed by atoms with Crippen LogP contribution in [0.25, 0.3) is 0 Å². The normalized spacial score (nSPS) is 9.79. The highest BCUT2D eigenvalue weighted by atomic mass is 32.2. The zero-order chi connectivity index (χ0) is 13.5. The number of thioether (sulfide) groups is 1. The van der Waals surface area contributed by atoms with Gasteiger partial charge < -0.3 is 14.8 Å². The van der Waals surface area contributed by atoms with E-state index >= 15 is 0 Å². The van der Waals surface area contributed by atoms with Gasteiger partial charge in [-0.1, -0.05) is 23.6 Å². The van der Waals surface area contributed by atoms with Crippen LogP contribution in [0.15, 0.2) is 35.7 Å². The maximum absolute atomic E-state index is 8.71. The fourth-order valence-corrected chi connectivity index (χ4v) is 2.39. The van der Waals surface area contributed by atoms with Crippen molar-refractivity contribution in [3.8, 4) is 17.6 Å². The van der Waals surface area contributed by atoms with Gasteiger partial charge in [0.15, 0.2) is 5.16 Å². The Hall–Kier alpha value is -1.90. The van der Waals surface area contributed by atoms with Gasteiger partial charge in [-0.25, -0.2) is 4.98 Å². The van der Waals surface area contributed by atoms with Gasteiger partial charge in [0, 0.05) is 29.3 Å². The first kappa shape index (κ1) is 13.5. The van der Waals surface area contributed by atoms with E-state index in [0.29, 0.717) is 0 Å². The number of H-pyrrole nitrogens is 1. The third-order valence-corrected chi connectivity index (χ3v) is 3.38. The molecule has 0 bridgehead atoms. The van der Waals surface area contributed by atoms with Gasteiger partial charge in [-0.05, 0) is 18.2 Å². The lowest BCUT2D eigenvalue weighted by atomic mass is 10.1. The molecule has 0 aliphatic rings. The second kappa shape index (κ2) is 6.88. The molecular weight excluding hydrogens is 260 g/mol. The third-order valence-electron chi connectivity index (χ3n) is 2.43. The van der Waals surface area contributed by atoms with Crippen LogP contribution in [0.5, 0.6) is 5.75 Å². The first-order valence-corrected chi connectivity index (χ1v) is 6.71. The molecule has 0 saturated heterocycles. The summed E-state index contributed by atoms with van der Waals surface area (Å²) in [5.74, 6) is 7.10. The minimum absolute atomic E-state index is 0.136. The van der Waals surface area contributed by atoms with Crippen molar-refractivity contribution in [2.45, 2.75) is 10.9 Å². The largest absolute Gasteiger partial charge is 0.496 e. The van der Waals surface area contributed by atoms with Crippen LogP contribution in [0.3, 0.4) is 0 Å². The Labute approximate surface area is 116 Å². The number of aromatic amines is 1. The summed E-state index contributed by atoms with van der Waals surface area (Å²) in [6, 6.07) is 5.74. The van der Waals surface area contributed by atoms with Crippen molar-refractivity contribution in [3.05, 3.63) is 41.7 Å². The molecule has 2 N–H and O–H groups in total. The van der Waals surface area contributed by atoms with Gasteiger partial charge >= 0.3 is 0 Å². The van der Waals surface area contributed by atoms with E-state index in [2.05, 4.69) is 21.8 Å². The van der Waals surface area contributed by atoms with Gasteiger partial charge in [-0.2, -0.15) is 0 Å². The lowest BCUT2D eigenvalue weighted by molar-refractivity contribution is 0.350. The van der Waals surface area contributed by atoms with E-state index in [1.54, 1.807) is 31.3 Å². The summed E-state index contributed by atoms with van der Waals surface area (Å²) in [5, 5.41) is 9.58. The Morgan fingerprint density at radius 2 is 2.37 bits per heavy atom. The van der Waals surface area contributed by atoms with Crippen molar-refractivity contribution in [3.63, 3.8) is 0 Å². The minimum Gasteiger partial charge on any atom is -0.496 e. The van der Waals surface area contributed by atoms with Gasteiger partial charge in [0.1, 0.15) is 12.4 Å². The number of nitrogens with one attached hydrogen (secondary N) is 1. The van der Waals surface area contributed by atoms with Crippen LogP contribution in [0, 0.1) is 11.8 Å². The van der Waals surface area contributed by atoms with Gasteiger partial charge in [-0.3, -0.25) is 0 Å². The van der Waals surface area contributed by atoms with E-state index in [0.717, 1.165) is 27.8 Å². The lowest BCUT2D eigenvalue weighted by Gasteiger charge is -2.08. The monoisotopic (exact) mass is 274 g/mol. The maximum Gasteiger partial charge on any atom is 0.165 e. The molecule has 0 unspecified atom stereocenters. The molecule has 0 radical (unpaired) electrons. The maximum atomic E-state index is 8.71. The summed E-state index contributed by atoms with van der Waals surface area (Å²) in [6.07, 6.45) is 3.52. The third kappa shape index (κ3) is 3.78. The molecule has 0 atom stereocenters. The molecule has 0 spiro atoms. The summed E-state index contributed by atoms with van der Waals surface area (Å²) in [6.45, 7) is -0.136. The van der Waals surface area contributed by atoms with Gasteiger partial charge in [0.05, 0.1) is 7.11 Å². The van der Waals surface area contributed by atoms with E-state index in [-0.39, 0.29) is 6.61 Å². The highest BCUT2D eigenvalue weighted by Gasteiger charge is 2.05. The molecule has 1 heterocycles. The standard InChI is InChI=1S/C14H14N2O2S/c1-18-13-5-4-11(3-2-8-17)9-12(13)10-19-14-15-6-7-16-14/h4-7,9,17H,8,10H2,1H3,(H,15,16). The van der Waals surface area contributed by atoms with Crippen LogP contribution in [0.2, 0.25) is 0 Å². The molecule has 0 saturated carbocycles. The number of aromatic nitrogens is 2. The number of hydrogen-bond acceptors (Lipinski definition) is 4. The summed E-state index contributed by atoms with van der Waals surface area (Å²) in [4.78, 5) is 7.21. The van der Waals surface area contributed by atoms with E-state index in [9.17, 15) is 0 Å². The van der Waals surface area contributed by atoms with Gasteiger partial charge in [0.25, 0.3) is 0 Å². The topological polar surface area (TPSA) is 58.1 Å². The van der Waals surface area contributed by atoms with Crippen molar-refractivity contribution >= 4 is 11.8 Å². The highest BCUT2D eigenvalue weighted by molar-refractivity contribution is 7.98. The minimum atomic E-state index is -0.136. The molecule has 5 heteroatoms. The second-order valence-electron chi connectivity index (χ2n) is 3.67. The molecule has 2 aromatic rings. The van der Waals surface area contributed by atoms with Gasteiger partial charge in [0.2, 0.25) is 0 Å². The van der Waals surface area contributed by atoms with E-state index in [1.807, 2.05) is 18.2 Å². The Morgan fingerprint density at radius 3 is 3.05 bits per heavy atom. The first-order chi connectivity index (χ1) is 9.33. The predicted octanol–water partition coefficient (Wildman–Crippen LogP) is 2.05. The molecule has 2 rings (SSSR count). The zero-order valence-electron chi connectivity index (χ0n) is 10.5. The molecule has 0 amide bonds. The van der Waals surface area contributed by atoms with Crippen molar-refractivity contribution in [2.24, 2.45) is 0 Å². The Balaban J connectivity index is 2.16. The Morgan fingerprint density at radius 1 is 1.47 bits per heavy atom. The summed E-state index contributed by atoms with van der Waals surface area (Å²) in [7, 11) is 1.65. The molecule has 1 aromatic carbocycles. The molecule has 98 valence electrons. The lowest BCUT2D eigenvalue weighted by Crippen LogP contribution is -1.92. The van der Waals surface area contributed by atoms with E-state index in [1.165, 1.54) is 0 Å². The van der Waals surface area contributed by atoms with Crippen molar-refractivity contribution in [2.75, 3.05) is 13.7 Å². The first-order valence-electron chi connectivity index (χ1n) is 5.72. The summed E-state index contributed by atoms with van der Waals surface area (Å²) < 4.78 is 5.33. The molecule has 0 fully saturated rings. The predicted molar refractivity (Wildman–Crippen MR) is 75.1 cm³/mol. The van der Waals surface area contributed by atoms with Crippen LogP contribution in [-0.2, 0) is 5.75 Å². The van der Waals surface area contributed by atoms with Crippen LogP contribution in [0.4, 0.5) is 0 Å². The van der Waals surface area contributed by atoms with Crippen molar-refractivity contribution in [1.29, 1.82) is 0 Å². The molecular formula is C14H14N2O2S. The quantitative estimate of drug-likeness (QED) is 0.662. The number of imidazole rings is 1. The summed E-state index contributed by atoms with van der Waals surface area (Å²) >= 11 is 1.60. The molecule has 0 aliphatic carbocycles. The van der Waals surface area contributed by atoms with Crippen LogP contribution >= 0.6 is 11.8 Å². The number of aliphatic hydroxyl groups excluding tert-OH is 1. The fourth-order valence-electron chi connectivity index (χ4n) is 1.59. The SMILES string of the molecule is COc1ccc(C#CCO)cc1CSc1ncc[nH]1. The van der Waals surface area contributed by atoms with Crippen LogP contribution in [-0.4, -0.2) is 28.8 Å². The zero-order valence-corrected chi connectivity index (χ0v) is 11.3. The van der Waals surface area contributed by atoms with Gasteiger partial charge in [-0.15, -0.1) is 0 Å². The van der Waals surface area contributed by atoms with Crippen molar-refractivity contribution < 1.29 is 9.84 Å². The fraction of sp³-hybridized carbons (Fsp3) is 0.214. The van der Waals surface area contributed by atoms with Crippen LogP contribution < -0.4 is 4.74 Å². The van der Waals surface area contributed by atoms with Crippen molar-refractivity contribution in [1.82, 2.24) is 9.97 Å². The summed E-state index contributed by atoms with van der Waals surface area (Å²) in [5.41, 5.74) is 1.92. The number of ether oxygens (including phenoxy) is 1. The highest BCUT2D eigenvalue weighted by Crippen LogP contribution is 2.26. The number of hydrogen-bond donors (Lipinski definition) is 2. The number of rotatable bonds is 4. The van der Waals surface area contributed by atoms with E-state index < -0.39 is 0 Å². The average molecular weight is 274 g/mol. The molecule has 4 nitrogen and oxygen atoms in total. The molecule has 0 aliphatic heterocycles. The van der Waals surface area contributed by atoms with Crippen LogP contribution in [0.1, 0.15) is 11.1 Å². The molecule has 19 heavy (non-hydrogen) atoms. The number of benzene rings is 1. The Bertz CT molecular complexity index is 585.